The lowest BCUT2D eigenvalue weighted by Gasteiger charge is -2.20. The summed E-state index contributed by atoms with van der Waals surface area (Å²) in [6.45, 7) is 1.64. The number of nitrogens with zero attached hydrogens (tertiary/aromatic N) is 3. The molecule has 7 nitrogen and oxygen atoms in total. The van der Waals surface area contributed by atoms with Crippen LogP contribution in [0.3, 0.4) is 0 Å². The number of aromatic nitrogens is 2. The summed E-state index contributed by atoms with van der Waals surface area (Å²) in [5.41, 5.74) is 3.29. The van der Waals surface area contributed by atoms with Crippen LogP contribution in [-0.4, -0.2) is 45.3 Å². The molecule has 3 aromatic rings. The SMILES string of the molecule is CCS(=O)(=O)c1ccc(N(C)C)c(Nc2ncnc3cc(NC)ccc23)c1. The minimum absolute atomic E-state index is 0.0526. The normalized spacial score (nSPS) is 11.4. The van der Waals surface area contributed by atoms with Gasteiger partial charge in [0.25, 0.3) is 0 Å². The lowest BCUT2D eigenvalue weighted by molar-refractivity contribution is 0.597. The van der Waals surface area contributed by atoms with Crippen molar-refractivity contribution in [3.63, 3.8) is 0 Å². The van der Waals surface area contributed by atoms with Gasteiger partial charge in [-0.2, -0.15) is 0 Å². The molecule has 0 saturated carbocycles. The Morgan fingerprint density at radius 1 is 1.07 bits per heavy atom. The molecule has 2 N–H and O–H groups in total. The van der Waals surface area contributed by atoms with Gasteiger partial charge in [-0.25, -0.2) is 18.4 Å². The average molecular weight is 385 g/mol. The second kappa shape index (κ2) is 7.40. The van der Waals surface area contributed by atoms with Gasteiger partial charge >= 0.3 is 0 Å². The van der Waals surface area contributed by atoms with E-state index >= 15 is 0 Å². The Labute approximate surface area is 159 Å². The molecule has 8 heteroatoms. The standard InChI is InChI=1S/C19H23N5O2S/c1-5-27(25,26)14-7-9-18(24(3)4)17(11-14)23-19-15-8-6-13(20-2)10-16(15)21-12-22-19/h6-12,20H,5H2,1-4H3,(H,21,22,23). The van der Waals surface area contributed by atoms with Crippen LogP contribution in [0, 0.1) is 0 Å². The Hall–Kier alpha value is -2.87. The molecule has 0 bridgehead atoms. The largest absolute Gasteiger partial charge is 0.388 e. The van der Waals surface area contributed by atoms with Gasteiger partial charge in [0, 0.05) is 32.2 Å². The number of benzene rings is 2. The first-order valence-electron chi connectivity index (χ1n) is 8.59. The number of hydrogen-bond acceptors (Lipinski definition) is 7. The zero-order valence-corrected chi connectivity index (χ0v) is 16.6. The summed E-state index contributed by atoms with van der Waals surface area (Å²) in [6, 6.07) is 10.9. The Balaban J connectivity index is 2.11. The maximum Gasteiger partial charge on any atom is 0.178 e. The van der Waals surface area contributed by atoms with Gasteiger partial charge in [0.1, 0.15) is 12.1 Å². The molecule has 27 heavy (non-hydrogen) atoms. The highest BCUT2D eigenvalue weighted by Crippen LogP contribution is 2.32. The van der Waals surface area contributed by atoms with E-state index in [1.165, 1.54) is 6.33 Å². The fourth-order valence-corrected chi connectivity index (χ4v) is 3.71. The second-order valence-corrected chi connectivity index (χ2v) is 8.58. The smallest absolute Gasteiger partial charge is 0.178 e. The van der Waals surface area contributed by atoms with Crippen molar-refractivity contribution in [3.8, 4) is 0 Å². The Bertz CT molecular complexity index is 1080. The summed E-state index contributed by atoms with van der Waals surface area (Å²) >= 11 is 0. The van der Waals surface area contributed by atoms with Crippen molar-refractivity contribution < 1.29 is 8.42 Å². The number of anilines is 4. The van der Waals surface area contributed by atoms with Crippen LogP contribution in [0.15, 0.2) is 47.6 Å². The van der Waals surface area contributed by atoms with Gasteiger partial charge in [-0.3, -0.25) is 0 Å². The summed E-state index contributed by atoms with van der Waals surface area (Å²) in [7, 11) is 2.36. The molecule has 142 valence electrons. The third-order valence-electron chi connectivity index (χ3n) is 4.37. The van der Waals surface area contributed by atoms with Crippen molar-refractivity contribution in [2.24, 2.45) is 0 Å². The van der Waals surface area contributed by atoms with E-state index < -0.39 is 9.84 Å². The molecule has 0 spiro atoms. The van der Waals surface area contributed by atoms with E-state index in [4.69, 9.17) is 0 Å². The van der Waals surface area contributed by atoms with Gasteiger partial charge in [0.05, 0.1) is 27.5 Å². The fraction of sp³-hybridized carbons (Fsp3) is 0.263. The highest BCUT2D eigenvalue weighted by Gasteiger charge is 2.16. The van der Waals surface area contributed by atoms with Crippen molar-refractivity contribution in [2.75, 3.05) is 42.4 Å². The summed E-state index contributed by atoms with van der Waals surface area (Å²) in [4.78, 5) is 10.9. The van der Waals surface area contributed by atoms with E-state index in [9.17, 15) is 8.42 Å². The van der Waals surface area contributed by atoms with E-state index in [-0.39, 0.29) is 10.6 Å². The molecule has 0 amide bonds. The second-order valence-electron chi connectivity index (χ2n) is 6.31. The van der Waals surface area contributed by atoms with Gasteiger partial charge in [-0.1, -0.05) is 6.92 Å². The van der Waals surface area contributed by atoms with Crippen molar-refractivity contribution in [1.82, 2.24) is 9.97 Å². The van der Waals surface area contributed by atoms with Crippen LogP contribution in [0.1, 0.15) is 6.92 Å². The maximum atomic E-state index is 12.3. The Kier molecular flexibility index (Phi) is 5.18. The average Bonchev–Trinajstić information content (AvgIpc) is 2.67. The van der Waals surface area contributed by atoms with Gasteiger partial charge in [0.2, 0.25) is 0 Å². The van der Waals surface area contributed by atoms with E-state index in [1.54, 1.807) is 25.1 Å². The highest BCUT2D eigenvalue weighted by atomic mass is 32.2. The van der Waals surface area contributed by atoms with Gasteiger partial charge in [-0.05, 0) is 36.4 Å². The summed E-state index contributed by atoms with van der Waals surface area (Å²) in [6.07, 6.45) is 1.49. The van der Waals surface area contributed by atoms with Crippen molar-refractivity contribution >= 4 is 43.6 Å². The predicted octanol–water partition coefficient (Wildman–Crippen LogP) is 3.27. The van der Waals surface area contributed by atoms with Gasteiger partial charge < -0.3 is 15.5 Å². The first-order chi connectivity index (χ1) is 12.9. The van der Waals surface area contributed by atoms with Crippen LogP contribution in [0.2, 0.25) is 0 Å². The molecule has 0 unspecified atom stereocenters. The molecule has 0 aliphatic carbocycles. The van der Waals surface area contributed by atoms with Crippen LogP contribution < -0.4 is 15.5 Å². The van der Waals surface area contributed by atoms with Gasteiger partial charge in [0.15, 0.2) is 9.84 Å². The lowest BCUT2D eigenvalue weighted by atomic mass is 10.2. The summed E-state index contributed by atoms with van der Waals surface area (Å²) in [5.74, 6) is 0.675. The van der Waals surface area contributed by atoms with E-state index in [0.717, 1.165) is 22.3 Å². The third-order valence-corrected chi connectivity index (χ3v) is 6.10. The minimum Gasteiger partial charge on any atom is -0.388 e. The quantitative estimate of drug-likeness (QED) is 0.673. The van der Waals surface area contributed by atoms with Crippen LogP contribution in [0.5, 0.6) is 0 Å². The minimum atomic E-state index is -3.31. The Morgan fingerprint density at radius 2 is 1.85 bits per heavy atom. The predicted molar refractivity (Wildman–Crippen MR) is 111 cm³/mol. The molecule has 0 atom stereocenters. The first-order valence-corrected chi connectivity index (χ1v) is 10.2. The number of nitrogens with one attached hydrogen (secondary N) is 2. The number of hydrogen-bond donors (Lipinski definition) is 2. The number of rotatable bonds is 6. The van der Waals surface area contributed by atoms with Crippen LogP contribution in [0.4, 0.5) is 22.9 Å². The Morgan fingerprint density at radius 3 is 2.52 bits per heavy atom. The lowest BCUT2D eigenvalue weighted by Crippen LogP contribution is -2.13. The first kappa shape index (κ1) is 18.9. The van der Waals surface area contributed by atoms with Crippen molar-refractivity contribution in [1.29, 1.82) is 0 Å². The van der Waals surface area contributed by atoms with E-state index in [0.29, 0.717) is 11.5 Å². The van der Waals surface area contributed by atoms with Crippen LogP contribution >= 0.6 is 0 Å². The topological polar surface area (TPSA) is 87.2 Å². The van der Waals surface area contributed by atoms with E-state index in [2.05, 4.69) is 20.6 Å². The molecule has 2 aromatic carbocycles. The molecule has 0 aliphatic heterocycles. The molecule has 0 saturated heterocycles. The van der Waals surface area contributed by atoms with Crippen LogP contribution in [0.25, 0.3) is 10.9 Å². The van der Waals surface area contributed by atoms with E-state index in [1.807, 2.05) is 44.2 Å². The maximum absolute atomic E-state index is 12.3. The summed E-state index contributed by atoms with van der Waals surface area (Å²) < 4.78 is 24.6. The third kappa shape index (κ3) is 3.80. The fourth-order valence-electron chi connectivity index (χ4n) is 2.81. The zero-order chi connectivity index (χ0) is 19.6. The molecule has 0 radical (unpaired) electrons. The van der Waals surface area contributed by atoms with Crippen molar-refractivity contribution in [3.05, 3.63) is 42.7 Å². The molecule has 0 fully saturated rings. The van der Waals surface area contributed by atoms with Crippen molar-refractivity contribution in [2.45, 2.75) is 11.8 Å². The highest BCUT2D eigenvalue weighted by molar-refractivity contribution is 7.91. The molecular weight excluding hydrogens is 362 g/mol. The summed E-state index contributed by atoms with van der Waals surface area (Å²) in [5, 5.41) is 7.23. The zero-order valence-electron chi connectivity index (χ0n) is 15.8. The molecule has 0 aliphatic rings. The molecule has 3 rings (SSSR count). The number of fused-ring (bicyclic) bond motifs is 1. The number of sulfone groups is 1. The molecule has 1 aromatic heterocycles. The van der Waals surface area contributed by atoms with Gasteiger partial charge in [-0.15, -0.1) is 0 Å². The monoisotopic (exact) mass is 385 g/mol. The van der Waals surface area contributed by atoms with Crippen LogP contribution in [-0.2, 0) is 9.84 Å². The molecular formula is C19H23N5O2S. The molecule has 1 heterocycles.